The molecule has 0 atom stereocenters. The molecule has 0 aromatic heterocycles. The van der Waals surface area contributed by atoms with Crippen molar-refractivity contribution in [3.8, 4) is 0 Å². The molecule has 0 saturated heterocycles. The molecule has 34 heavy (non-hydrogen) atoms. The fourth-order valence-corrected chi connectivity index (χ4v) is 4.23. The number of aryl methyl sites for hydroxylation is 1. The number of para-hydroxylation sites is 1. The van der Waals surface area contributed by atoms with Gasteiger partial charge < -0.3 is 10.6 Å². The zero-order chi connectivity index (χ0) is 23.3. The van der Waals surface area contributed by atoms with Crippen molar-refractivity contribution in [1.82, 2.24) is 0 Å². The fraction of sp³-hybridized carbons (Fsp3) is 0.250. The lowest BCUT2D eigenvalue weighted by Crippen LogP contribution is -2.01. The molecule has 2 nitrogen and oxygen atoms in total. The first-order valence-corrected chi connectivity index (χ1v) is 12.6. The Morgan fingerprint density at radius 1 is 0.412 bits per heavy atom. The van der Waals surface area contributed by atoms with E-state index >= 15 is 0 Å². The van der Waals surface area contributed by atoms with Gasteiger partial charge in [-0.2, -0.15) is 0 Å². The molecule has 0 bridgehead atoms. The predicted octanol–water partition coefficient (Wildman–Crippen LogP) is 8.63. The molecule has 4 aromatic rings. The summed E-state index contributed by atoms with van der Waals surface area (Å²) in [6.45, 7) is 1.05. The van der Waals surface area contributed by atoms with Crippen molar-refractivity contribution in [2.45, 2.75) is 44.9 Å². The van der Waals surface area contributed by atoms with E-state index in [9.17, 15) is 0 Å². The largest absolute Gasteiger partial charge is 0.385 e. The van der Waals surface area contributed by atoms with Gasteiger partial charge in [-0.05, 0) is 78.8 Å². The van der Waals surface area contributed by atoms with E-state index in [0.717, 1.165) is 24.3 Å². The Kier molecular flexibility index (Phi) is 9.21. The summed E-state index contributed by atoms with van der Waals surface area (Å²) in [6.07, 6.45) is 8.56. The van der Waals surface area contributed by atoms with Gasteiger partial charge in [-0.25, -0.2) is 0 Å². The second kappa shape index (κ2) is 13.3. The summed E-state index contributed by atoms with van der Waals surface area (Å²) < 4.78 is 0. The van der Waals surface area contributed by atoms with Crippen LogP contribution in [0.25, 0.3) is 0 Å². The number of rotatable bonds is 13. The lowest BCUT2D eigenvalue weighted by atomic mass is 10.0. The molecule has 0 radical (unpaired) electrons. The first-order chi connectivity index (χ1) is 16.8. The van der Waals surface area contributed by atoms with Gasteiger partial charge in [0.2, 0.25) is 0 Å². The summed E-state index contributed by atoms with van der Waals surface area (Å²) in [7, 11) is 0. The van der Waals surface area contributed by atoms with Crippen LogP contribution in [-0.4, -0.2) is 6.54 Å². The maximum absolute atomic E-state index is 3.57. The predicted molar refractivity (Wildman–Crippen MR) is 147 cm³/mol. The highest BCUT2D eigenvalue weighted by Gasteiger charge is 1.99. The Bertz CT molecular complexity index is 980. The summed E-state index contributed by atoms with van der Waals surface area (Å²) in [4.78, 5) is 0. The molecule has 4 aromatic carbocycles. The molecular weight excluding hydrogens is 412 g/mol. The molecule has 0 saturated carbocycles. The van der Waals surface area contributed by atoms with Gasteiger partial charge in [0.05, 0.1) is 0 Å². The summed E-state index contributed by atoms with van der Waals surface area (Å²) in [5.74, 6) is 0. The van der Waals surface area contributed by atoms with Gasteiger partial charge >= 0.3 is 0 Å². The highest BCUT2D eigenvalue weighted by molar-refractivity contribution is 5.59. The fourth-order valence-electron chi connectivity index (χ4n) is 4.23. The summed E-state index contributed by atoms with van der Waals surface area (Å²) in [5, 5.41) is 7.01. The van der Waals surface area contributed by atoms with Crippen molar-refractivity contribution in [3.05, 3.63) is 126 Å². The van der Waals surface area contributed by atoms with Crippen molar-refractivity contribution in [2.24, 2.45) is 0 Å². The van der Waals surface area contributed by atoms with Crippen LogP contribution in [0.2, 0.25) is 0 Å². The van der Waals surface area contributed by atoms with E-state index in [4.69, 9.17) is 0 Å². The van der Waals surface area contributed by atoms with Crippen LogP contribution in [0.3, 0.4) is 0 Å². The van der Waals surface area contributed by atoms with Crippen LogP contribution in [0.1, 0.15) is 48.8 Å². The van der Waals surface area contributed by atoms with Gasteiger partial charge in [-0.3, -0.25) is 0 Å². The quantitative estimate of drug-likeness (QED) is 0.200. The van der Waals surface area contributed by atoms with Crippen LogP contribution in [0.4, 0.5) is 17.1 Å². The summed E-state index contributed by atoms with van der Waals surface area (Å²) in [6, 6.07) is 38.7. The molecule has 0 aliphatic rings. The lowest BCUT2D eigenvalue weighted by molar-refractivity contribution is 0.624. The van der Waals surface area contributed by atoms with Crippen LogP contribution in [0.15, 0.2) is 109 Å². The summed E-state index contributed by atoms with van der Waals surface area (Å²) in [5.41, 5.74) is 7.65. The number of nitrogens with one attached hydrogen (secondary N) is 2. The number of hydrogen-bond acceptors (Lipinski definition) is 2. The molecule has 4 rings (SSSR count). The standard InChI is InChI=1S/C32H36N2/c1(2-6-12-27-17-23-32(24-18-27)34-31-15-9-5-10-16-31)3-11-25-33-30-21-19-29(20-22-30)26-28-13-7-4-8-14-28/h4-5,7-10,13-24,33-34H,1-3,6,11-12,25-26H2. The van der Waals surface area contributed by atoms with Crippen LogP contribution in [-0.2, 0) is 12.8 Å². The highest BCUT2D eigenvalue weighted by atomic mass is 14.9. The van der Waals surface area contributed by atoms with E-state index in [1.54, 1.807) is 0 Å². The smallest absolute Gasteiger partial charge is 0.0384 e. The van der Waals surface area contributed by atoms with Gasteiger partial charge in [-0.15, -0.1) is 0 Å². The van der Waals surface area contributed by atoms with Gasteiger partial charge in [0.15, 0.2) is 0 Å². The molecule has 2 heteroatoms. The van der Waals surface area contributed by atoms with E-state index in [2.05, 4.69) is 114 Å². The maximum Gasteiger partial charge on any atom is 0.0384 e. The summed E-state index contributed by atoms with van der Waals surface area (Å²) >= 11 is 0. The molecule has 0 heterocycles. The number of benzene rings is 4. The van der Waals surface area contributed by atoms with Gasteiger partial charge in [0, 0.05) is 23.6 Å². The Morgan fingerprint density at radius 3 is 1.68 bits per heavy atom. The number of hydrogen-bond donors (Lipinski definition) is 2. The Balaban J connectivity index is 1.05. The third-order valence-electron chi connectivity index (χ3n) is 6.19. The zero-order valence-corrected chi connectivity index (χ0v) is 20.0. The van der Waals surface area contributed by atoms with Crippen LogP contribution in [0, 0.1) is 0 Å². The van der Waals surface area contributed by atoms with Crippen LogP contribution in [0.5, 0.6) is 0 Å². The SMILES string of the molecule is c1ccc(Cc2ccc(NCCCCCCCc3ccc(Nc4ccccc4)cc3)cc2)cc1. The lowest BCUT2D eigenvalue weighted by Gasteiger charge is -2.09. The monoisotopic (exact) mass is 448 g/mol. The molecule has 0 unspecified atom stereocenters. The first kappa shape index (κ1) is 23.6. The molecule has 2 N–H and O–H groups in total. The Morgan fingerprint density at radius 2 is 0.941 bits per heavy atom. The molecule has 0 aliphatic heterocycles. The van der Waals surface area contributed by atoms with E-state index < -0.39 is 0 Å². The number of unbranched alkanes of at least 4 members (excludes halogenated alkanes) is 4. The molecule has 0 aliphatic carbocycles. The second-order valence-electron chi connectivity index (χ2n) is 8.99. The minimum atomic E-state index is 0.996. The van der Waals surface area contributed by atoms with Crippen molar-refractivity contribution in [1.29, 1.82) is 0 Å². The average Bonchev–Trinajstić information content (AvgIpc) is 2.89. The maximum atomic E-state index is 3.57. The molecule has 0 fully saturated rings. The third kappa shape index (κ3) is 8.12. The van der Waals surface area contributed by atoms with E-state index in [0.29, 0.717) is 0 Å². The highest BCUT2D eigenvalue weighted by Crippen LogP contribution is 2.18. The van der Waals surface area contributed by atoms with Crippen molar-refractivity contribution in [3.63, 3.8) is 0 Å². The minimum Gasteiger partial charge on any atom is -0.385 e. The molecular formula is C32H36N2. The Labute approximate surface area is 205 Å². The van der Waals surface area contributed by atoms with Crippen molar-refractivity contribution < 1.29 is 0 Å². The minimum absolute atomic E-state index is 0.996. The van der Waals surface area contributed by atoms with Gasteiger partial charge in [-0.1, -0.05) is 92.1 Å². The molecule has 0 amide bonds. The van der Waals surface area contributed by atoms with Crippen LogP contribution < -0.4 is 10.6 Å². The third-order valence-corrected chi connectivity index (χ3v) is 6.19. The molecule has 174 valence electrons. The van der Waals surface area contributed by atoms with E-state index in [1.165, 1.54) is 60.9 Å². The van der Waals surface area contributed by atoms with Crippen molar-refractivity contribution in [2.75, 3.05) is 17.2 Å². The zero-order valence-electron chi connectivity index (χ0n) is 20.0. The first-order valence-electron chi connectivity index (χ1n) is 12.6. The second-order valence-corrected chi connectivity index (χ2v) is 8.99. The van der Waals surface area contributed by atoms with Gasteiger partial charge in [0.25, 0.3) is 0 Å². The molecule has 0 spiro atoms. The topological polar surface area (TPSA) is 24.1 Å². The average molecular weight is 449 g/mol. The van der Waals surface area contributed by atoms with Gasteiger partial charge in [0.1, 0.15) is 0 Å². The van der Waals surface area contributed by atoms with E-state index in [1.807, 2.05) is 6.07 Å². The normalized spacial score (nSPS) is 10.7. The van der Waals surface area contributed by atoms with Crippen LogP contribution >= 0.6 is 0 Å². The Hall–Kier alpha value is -3.52. The number of anilines is 3. The van der Waals surface area contributed by atoms with E-state index in [-0.39, 0.29) is 0 Å². The van der Waals surface area contributed by atoms with Crippen molar-refractivity contribution >= 4 is 17.1 Å².